The van der Waals surface area contributed by atoms with E-state index < -0.39 is 17.8 Å². The monoisotopic (exact) mass is 533 g/mol. The van der Waals surface area contributed by atoms with E-state index >= 15 is 0 Å². The van der Waals surface area contributed by atoms with Crippen LogP contribution in [0.3, 0.4) is 0 Å². The Kier molecular flexibility index (Phi) is 6.91. The van der Waals surface area contributed by atoms with Crippen LogP contribution in [0.25, 0.3) is 10.9 Å². The Hall–Kier alpha value is -2.22. The van der Waals surface area contributed by atoms with Crippen molar-refractivity contribution in [1.82, 2.24) is 4.98 Å². The van der Waals surface area contributed by atoms with Crippen molar-refractivity contribution >= 4 is 27.9 Å². The van der Waals surface area contributed by atoms with Gasteiger partial charge in [-0.3, -0.25) is 4.98 Å². The molecule has 4 unspecified atom stereocenters. The van der Waals surface area contributed by atoms with Gasteiger partial charge in [0.2, 0.25) is 0 Å². The Morgan fingerprint density at radius 2 is 1.85 bits per heavy atom. The van der Waals surface area contributed by atoms with Gasteiger partial charge in [-0.1, -0.05) is 36.4 Å². The second-order valence-electron chi connectivity index (χ2n) is 9.59. The maximum atomic E-state index is 13.1. The molecule has 180 valence electrons. The van der Waals surface area contributed by atoms with Crippen LogP contribution in [-0.4, -0.2) is 33.7 Å². The first-order chi connectivity index (χ1) is 15.8. The summed E-state index contributed by atoms with van der Waals surface area (Å²) in [7, 11) is 0. The number of pyridine rings is 1. The third-order valence-corrected chi connectivity index (χ3v) is 7.82. The standard InChI is InChI=1S/C27H28F3N2O.BrH/c1-2-19-17-32(16-18-7-9-21(10-8-18)27(28,29)30)14-12-20(19)15-25(32)26(33)23-11-13-31-24-6-4-3-5-22(23)24;/h2-11,13,19-20,25-26,33H,1,12,14-17H2;1H/q+1;/t19?,20-,25?,26?,32?;/m0./s1. The average Bonchev–Trinajstić information content (AvgIpc) is 2.83. The first-order valence-electron chi connectivity index (χ1n) is 11.5. The number of hydrogen-bond acceptors (Lipinski definition) is 2. The van der Waals surface area contributed by atoms with E-state index in [-0.39, 0.29) is 23.0 Å². The zero-order valence-electron chi connectivity index (χ0n) is 18.8. The van der Waals surface area contributed by atoms with E-state index in [0.717, 1.165) is 60.1 Å². The van der Waals surface area contributed by atoms with Crippen molar-refractivity contribution in [3.05, 3.63) is 90.1 Å². The van der Waals surface area contributed by atoms with Gasteiger partial charge < -0.3 is 9.59 Å². The molecule has 3 fully saturated rings. The third-order valence-electron chi connectivity index (χ3n) is 7.82. The minimum Gasteiger partial charge on any atom is -0.382 e. The highest BCUT2D eigenvalue weighted by Gasteiger charge is 2.54. The van der Waals surface area contributed by atoms with Gasteiger partial charge in [0.05, 0.1) is 24.2 Å². The first kappa shape index (κ1) is 24.9. The number of rotatable bonds is 5. The SMILES string of the molecule is Br.C=CC1C[N+]2(Cc3ccc(C(F)(F)F)cc3)CC[C@H]1CC2C(O)c1ccnc2ccccc12. The van der Waals surface area contributed by atoms with E-state index in [0.29, 0.717) is 22.9 Å². The van der Waals surface area contributed by atoms with Gasteiger partial charge >= 0.3 is 6.18 Å². The summed E-state index contributed by atoms with van der Waals surface area (Å²) in [5.74, 6) is 0.827. The molecule has 4 heterocycles. The van der Waals surface area contributed by atoms with Gasteiger partial charge in [0.25, 0.3) is 0 Å². The molecule has 3 aliphatic rings. The van der Waals surface area contributed by atoms with Gasteiger partial charge in [-0.25, -0.2) is 0 Å². The number of aromatic nitrogens is 1. The van der Waals surface area contributed by atoms with Crippen molar-refractivity contribution in [3.8, 4) is 0 Å². The molecule has 5 atom stereocenters. The second kappa shape index (κ2) is 9.44. The molecule has 1 aromatic heterocycles. The molecule has 34 heavy (non-hydrogen) atoms. The Labute approximate surface area is 208 Å². The summed E-state index contributed by atoms with van der Waals surface area (Å²) in [4.78, 5) is 4.43. The predicted octanol–water partition coefficient (Wildman–Crippen LogP) is 6.48. The van der Waals surface area contributed by atoms with Crippen LogP contribution in [-0.2, 0) is 12.7 Å². The van der Waals surface area contributed by atoms with Crippen LogP contribution in [0, 0.1) is 11.8 Å². The summed E-state index contributed by atoms with van der Waals surface area (Å²) in [6, 6.07) is 15.2. The quantitative estimate of drug-likeness (QED) is 0.301. The Bertz CT molecular complexity index is 1160. The molecule has 3 nitrogen and oxygen atoms in total. The normalized spacial score (nSPS) is 27.2. The number of halogens is 4. The molecule has 3 aromatic rings. The lowest BCUT2D eigenvalue weighted by Crippen LogP contribution is -2.67. The van der Waals surface area contributed by atoms with Crippen LogP contribution < -0.4 is 0 Å². The van der Waals surface area contributed by atoms with Crippen LogP contribution in [0.15, 0.2) is 73.4 Å². The summed E-state index contributed by atoms with van der Waals surface area (Å²) in [6.07, 6.45) is 0.648. The van der Waals surface area contributed by atoms with E-state index in [1.807, 2.05) is 36.4 Å². The number of benzene rings is 2. The van der Waals surface area contributed by atoms with Crippen molar-refractivity contribution in [2.75, 3.05) is 13.1 Å². The number of alkyl halides is 3. The molecule has 2 bridgehead atoms. The number of piperidine rings is 3. The molecule has 0 spiro atoms. The highest BCUT2D eigenvalue weighted by Crippen LogP contribution is 2.48. The number of nitrogens with zero attached hydrogens (tertiary/aromatic N) is 2. The summed E-state index contributed by atoms with van der Waals surface area (Å²) in [6.45, 7) is 6.39. The summed E-state index contributed by atoms with van der Waals surface area (Å²) in [5.41, 5.74) is 1.96. The van der Waals surface area contributed by atoms with E-state index in [2.05, 4.69) is 11.6 Å². The fourth-order valence-corrected chi connectivity index (χ4v) is 6.13. The largest absolute Gasteiger partial charge is 0.416 e. The van der Waals surface area contributed by atoms with Gasteiger partial charge in [0.1, 0.15) is 18.7 Å². The van der Waals surface area contributed by atoms with Gasteiger partial charge in [-0.15, -0.1) is 23.6 Å². The molecule has 3 aliphatic heterocycles. The van der Waals surface area contributed by atoms with Crippen LogP contribution in [0.4, 0.5) is 13.2 Å². The lowest BCUT2D eigenvalue weighted by atomic mass is 9.71. The minimum atomic E-state index is -4.34. The average molecular weight is 534 g/mol. The van der Waals surface area contributed by atoms with Crippen molar-refractivity contribution in [2.24, 2.45) is 11.8 Å². The molecule has 0 aliphatic carbocycles. The van der Waals surface area contributed by atoms with Crippen molar-refractivity contribution in [2.45, 2.75) is 37.7 Å². The van der Waals surface area contributed by atoms with Gasteiger partial charge in [-0.05, 0) is 35.7 Å². The van der Waals surface area contributed by atoms with Crippen LogP contribution >= 0.6 is 17.0 Å². The molecule has 0 amide bonds. The topological polar surface area (TPSA) is 33.1 Å². The minimum absolute atomic E-state index is 0. The Morgan fingerprint density at radius 1 is 1.12 bits per heavy atom. The number of fused-ring (bicyclic) bond motifs is 4. The number of aliphatic hydroxyl groups excluding tert-OH is 1. The van der Waals surface area contributed by atoms with Gasteiger partial charge in [0.15, 0.2) is 0 Å². The van der Waals surface area contributed by atoms with Crippen molar-refractivity contribution in [1.29, 1.82) is 0 Å². The van der Waals surface area contributed by atoms with E-state index in [1.54, 1.807) is 18.3 Å². The summed E-state index contributed by atoms with van der Waals surface area (Å²) < 4.78 is 39.8. The third kappa shape index (κ3) is 4.41. The molecule has 6 rings (SSSR count). The number of hydrogen-bond donors (Lipinski definition) is 1. The molecular weight excluding hydrogens is 505 g/mol. The van der Waals surface area contributed by atoms with Gasteiger partial charge in [-0.2, -0.15) is 13.2 Å². The number of aliphatic hydroxyl groups is 1. The number of para-hydroxylation sites is 1. The summed E-state index contributed by atoms with van der Waals surface area (Å²) >= 11 is 0. The van der Waals surface area contributed by atoms with Crippen LogP contribution in [0.2, 0.25) is 0 Å². The van der Waals surface area contributed by atoms with E-state index in [1.165, 1.54) is 0 Å². The van der Waals surface area contributed by atoms with E-state index in [9.17, 15) is 18.3 Å². The van der Waals surface area contributed by atoms with Crippen molar-refractivity contribution in [3.63, 3.8) is 0 Å². The molecule has 2 aromatic carbocycles. The maximum absolute atomic E-state index is 13.1. The smallest absolute Gasteiger partial charge is 0.382 e. The highest BCUT2D eigenvalue weighted by molar-refractivity contribution is 8.93. The molecule has 0 saturated carbocycles. The zero-order valence-corrected chi connectivity index (χ0v) is 20.5. The summed E-state index contributed by atoms with van der Waals surface area (Å²) in [5, 5.41) is 12.6. The zero-order chi connectivity index (χ0) is 23.2. The predicted molar refractivity (Wildman–Crippen MR) is 132 cm³/mol. The molecule has 3 saturated heterocycles. The van der Waals surface area contributed by atoms with Crippen LogP contribution in [0.5, 0.6) is 0 Å². The molecule has 0 radical (unpaired) electrons. The maximum Gasteiger partial charge on any atom is 0.416 e. The fraction of sp³-hybridized carbons (Fsp3) is 0.370. The second-order valence-corrected chi connectivity index (χ2v) is 9.59. The molecular formula is C27H29BrF3N2O+. The number of quaternary nitrogens is 1. The lowest BCUT2D eigenvalue weighted by molar-refractivity contribution is -0.984. The lowest BCUT2D eigenvalue weighted by Gasteiger charge is -2.58. The first-order valence-corrected chi connectivity index (χ1v) is 11.5. The van der Waals surface area contributed by atoms with Crippen molar-refractivity contribution < 1.29 is 22.8 Å². The Balaban J connectivity index is 0.00000274. The highest BCUT2D eigenvalue weighted by atomic mass is 79.9. The molecule has 1 N–H and O–H groups in total. The van der Waals surface area contributed by atoms with Gasteiger partial charge in [0, 0.05) is 35.9 Å². The van der Waals surface area contributed by atoms with Crippen LogP contribution in [0.1, 0.15) is 35.6 Å². The fourth-order valence-electron chi connectivity index (χ4n) is 6.13. The van der Waals surface area contributed by atoms with E-state index in [4.69, 9.17) is 0 Å². The Morgan fingerprint density at radius 3 is 2.56 bits per heavy atom. The molecule has 7 heteroatoms.